The molecule has 7 nitrogen and oxygen atoms in total. The molecule has 98 valence electrons. The highest BCUT2D eigenvalue weighted by Gasteiger charge is 2.27. The van der Waals surface area contributed by atoms with Gasteiger partial charge < -0.3 is 26.0 Å². The molecule has 0 amide bonds. The van der Waals surface area contributed by atoms with Gasteiger partial charge in [-0.05, 0) is 19.4 Å². The molecule has 3 unspecified atom stereocenters. The van der Waals surface area contributed by atoms with Crippen LogP contribution in [0.5, 0.6) is 0 Å². The minimum atomic E-state index is -0.883. The van der Waals surface area contributed by atoms with Crippen molar-refractivity contribution in [1.29, 1.82) is 0 Å². The van der Waals surface area contributed by atoms with Crippen molar-refractivity contribution in [3.63, 3.8) is 0 Å². The second kappa shape index (κ2) is 6.53. The summed E-state index contributed by atoms with van der Waals surface area (Å²) in [5.74, 6) is -1.60. The number of hydrogen-bond acceptors (Lipinski definition) is 5. The Balaban J connectivity index is 0.000000171. The Morgan fingerprint density at radius 2 is 1.71 bits per heavy atom. The van der Waals surface area contributed by atoms with Gasteiger partial charge in [-0.2, -0.15) is 0 Å². The summed E-state index contributed by atoms with van der Waals surface area (Å²) in [6, 6.07) is -0.810. The number of hydrogen-bond donors (Lipinski definition) is 5. The van der Waals surface area contributed by atoms with E-state index in [1.54, 1.807) is 0 Å². The summed E-state index contributed by atoms with van der Waals surface area (Å²) in [5, 5.41) is 31.0. The molecule has 0 aromatic carbocycles. The maximum absolute atomic E-state index is 10.2. The molecular weight excluding hydrogens is 228 g/mol. The van der Waals surface area contributed by atoms with E-state index in [1.807, 2.05) is 0 Å². The van der Waals surface area contributed by atoms with Crippen molar-refractivity contribution in [3.8, 4) is 0 Å². The normalized spacial score (nSPS) is 31.7. The number of rotatable bonds is 2. The lowest BCUT2D eigenvalue weighted by atomic mass is 10.2. The Kier molecular flexibility index (Phi) is 5.33. The molecule has 5 N–H and O–H groups in total. The van der Waals surface area contributed by atoms with Gasteiger partial charge in [-0.3, -0.25) is 9.59 Å². The third kappa shape index (κ3) is 4.68. The molecule has 0 radical (unpaired) electrons. The van der Waals surface area contributed by atoms with E-state index in [4.69, 9.17) is 15.3 Å². The molecule has 0 aromatic heterocycles. The number of carboxylic acids is 2. The highest BCUT2D eigenvalue weighted by molar-refractivity contribution is 5.74. The first-order chi connectivity index (χ1) is 8.00. The van der Waals surface area contributed by atoms with Gasteiger partial charge in [-0.15, -0.1) is 0 Å². The quantitative estimate of drug-likeness (QED) is 0.407. The second-order valence-corrected chi connectivity index (χ2v) is 4.18. The molecule has 2 fully saturated rings. The molecule has 2 saturated heterocycles. The van der Waals surface area contributed by atoms with Gasteiger partial charge in [0, 0.05) is 13.0 Å². The van der Waals surface area contributed by atoms with Crippen molar-refractivity contribution in [2.45, 2.75) is 37.5 Å². The molecule has 0 bridgehead atoms. The maximum Gasteiger partial charge on any atom is 0.320 e. The van der Waals surface area contributed by atoms with Gasteiger partial charge in [0.25, 0.3) is 0 Å². The minimum absolute atomic E-state index is 0.269. The molecule has 17 heavy (non-hydrogen) atoms. The largest absolute Gasteiger partial charge is 0.480 e. The Hall–Kier alpha value is -1.18. The zero-order valence-electron chi connectivity index (χ0n) is 9.43. The van der Waals surface area contributed by atoms with Crippen LogP contribution in [-0.2, 0) is 9.59 Å². The monoisotopic (exact) mass is 246 g/mol. The van der Waals surface area contributed by atoms with E-state index >= 15 is 0 Å². The van der Waals surface area contributed by atoms with Crippen LogP contribution in [0.15, 0.2) is 0 Å². The number of β-amino-alcohol motifs (C(OH)–C–C–N with tert-alkyl or cyclic N) is 1. The van der Waals surface area contributed by atoms with Gasteiger partial charge >= 0.3 is 11.9 Å². The van der Waals surface area contributed by atoms with E-state index in [-0.39, 0.29) is 6.04 Å². The van der Waals surface area contributed by atoms with Gasteiger partial charge in [0.15, 0.2) is 0 Å². The summed E-state index contributed by atoms with van der Waals surface area (Å²) in [6.45, 7) is 1.26. The number of carbonyl (C=O) groups is 2. The summed E-state index contributed by atoms with van der Waals surface area (Å²) in [6.07, 6.45) is 1.63. The van der Waals surface area contributed by atoms with Crippen molar-refractivity contribution in [1.82, 2.24) is 10.6 Å². The first-order valence-corrected chi connectivity index (χ1v) is 5.61. The summed E-state index contributed by atoms with van der Waals surface area (Å²) in [5.41, 5.74) is 0. The first-order valence-electron chi connectivity index (χ1n) is 5.61. The lowest BCUT2D eigenvalue weighted by Crippen LogP contribution is -2.29. The van der Waals surface area contributed by atoms with E-state index in [0.717, 1.165) is 19.4 Å². The molecule has 2 rings (SSSR count). The van der Waals surface area contributed by atoms with Crippen molar-refractivity contribution in [2.24, 2.45) is 0 Å². The van der Waals surface area contributed by atoms with Crippen LogP contribution in [-0.4, -0.2) is 58.5 Å². The summed E-state index contributed by atoms with van der Waals surface area (Å²) in [4.78, 5) is 20.3. The van der Waals surface area contributed by atoms with E-state index < -0.39 is 24.1 Å². The molecule has 2 aliphatic rings. The topological polar surface area (TPSA) is 119 Å². The predicted molar refractivity (Wildman–Crippen MR) is 58.7 cm³/mol. The van der Waals surface area contributed by atoms with E-state index in [2.05, 4.69) is 10.6 Å². The SMILES string of the molecule is O=C(O)C1CC(O)CN1.O=C(O)C1CCCN1. The molecule has 2 aliphatic heterocycles. The van der Waals surface area contributed by atoms with Crippen LogP contribution in [0.1, 0.15) is 19.3 Å². The highest BCUT2D eigenvalue weighted by atomic mass is 16.4. The predicted octanol–water partition coefficient (Wildman–Crippen LogP) is -1.38. The molecule has 0 aliphatic carbocycles. The van der Waals surface area contributed by atoms with Crippen LogP contribution < -0.4 is 10.6 Å². The van der Waals surface area contributed by atoms with Crippen molar-refractivity contribution in [2.75, 3.05) is 13.1 Å². The number of nitrogens with one attached hydrogen (secondary N) is 2. The average Bonchev–Trinajstić information content (AvgIpc) is 2.87. The Bertz CT molecular complexity index is 278. The van der Waals surface area contributed by atoms with Crippen LogP contribution >= 0.6 is 0 Å². The molecule has 0 spiro atoms. The maximum atomic E-state index is 10.2. The average molecular weight is 246 g/mol. The fraction of sp³-hybridized carbons (Fsp3) is 0.800. The summed E-state index contributed by atoms with van der Waals surface area (Å²) in [7, 11) is 0. The third-order valence-corrected chi connectivity index (χ3v) is 2.76. The van der Waals surface area contributed by atoms with E-state index in [0.29, 0.717) is 13.0 Å². The lowest BCUT2D eigenvalue weighted by molar-refractivity contribution is -0.140. The molecule has 7 heteroatoms. The van der Waals surface area contributed by atoms with Gasteiger partial charge in [-0.25, -0.2) is 0 Å². The second-order valence-electron chi connectivity index (χ2n) is 4.18. The zero-order chi connectivity index (χ0) is 12.8. The lowest BCUT2D eigenvalue weighted by Gasteiger charge is -1.99. The van der Waals surface area contributed by atoms with Crippen LogP contribution in [0.3, 0.4) is 0 Å². The molecule has 2 heterocycles. The molecule has 0 saturated carbocycles. The Morgan fingerprint density at radius 3 is 1.94 bits per heavy atom. The smallest absolute Gasteiger partial charge is 0.320 e. The number of aliphatic carboxylic acids is 2. The van der Waals surface area contributed by atoms with Gasteiger partial charge in [-0.1, -0.05) is 0 Å². The summed E-state index contributed by atoms with van der Waals surface area (Å²) < 4.78 is 0. The van der Waals surface area contributed by atoms with Crippen LogP contribution in [0.4, 0.5) is 0 Å². The van der Waals surface area contributed by atoms with Crippen LogP contribution in [0, 0.1) is 0 Å². The minimum Gasteiger partial charge on any atom is -0.480 e. The molecule has 0 aromatic rings. The van der Waals surface area contributed by atoms with Crippen molar-refractivity contribution in [3.05, 3.63) is 0 Å². The highest BCUT2D eigenvalue weighted by Crippen LogP contribution is 2.05. The van der Waals surface area contributed by atoms with Gasteiger partial charge in [0.05, 0.1) is 6.10 Å². The fourth-order valence-electron chi connectivity index (χ4n) is 1.80. The molecular formula is C10H18N2O5. The summed E-state index contributed by atoms with van der Waals surface area (Å²) >= 11 is 0. The Labute approximate surface area is 98.8 Å². The standard InChI is InChI=1S/C5H9NO3.C5H9NO2/c7-3-1-4(5(8)9)6-2-3;7-5(8)4-2-1-3-6-4/h3-4,6-7H,1-2H2,(H,8,9);4,6H,1-3H2,(H,7,8). The number of aliphatic hydroxyl groups excluding tert-OH is 1. The number of aliphatic hydroxyl groups is 1. The van der Waals surface area contributed by atoms with Crippen molar-refractivity contribution < 1.29 is 24.9 Å². The first kappa shape index (κ1) is 13.9. The van der Waals surface area contributed by atoms with Crippen LogP contribution in [0.2, 0.25) is 0 Å². The molecule has 3 atom stereocenters. The fourth-order valence-corrected chi connectivity index (χ4v) is 1.80. The van der Waals surface area contributed by atoms with Crippen LogP contribution in [0.25, 0.3) is 0 Å². The van der Waals surface area contributed by atoms with E-state index in [1.165, 1.54) is 0 Å². The van der Waals surface area contributed by atoms with Crippen molar-refractivity contribution >= 4 is 11.9 Å². The number of carboxylic acid groups (broad SMARTS) is 2. The Morgan fingerprint density at radius 1 is 1.06 bits per heavy atom. The van der Waals surface area contributed by atoms with Gasteiger partial charge in [0.2, 0.25) is 0 Å². The van der Waals surface area contributed by atoms with Gasteiger partial charge in [0.1, 0.15) is 12.1 Å². The third-order valence-electron chi connectivity index (χ3n) is 2.76. The van der Waals surface area contributed by atoms with E-state index in [9.17, 15) is 9.59 Å². The zero-order valence-corrected chi connectivity index (χ0v) is 9.43.